The van der Waals surface area contributed by atoms with Gasteiger partial charge in [-0.05, 0) is 59.7 Å². The molecule has 7 heteroatoms. The van der Waals surface area contributed by atoms with Gasteiger partial charge in [-0.25, -0.2) is 9.36 Å². The van der Waals surface area contributed by atoms with Crippen LogP contribution in [-0.2, 0) is 6.42 Å². The van der Waals surface area contributed by atoms with E-state index in [-0.39, 0.29) is 17.0 Å². The van der Waals surface area contributed by atoms with Crippen LogP contribution in [0.5, 0.6) is 11.6 Å². The van der Waals surface area contributed by atoms with Gasteiger partial charge >= 0.3 is 0 Å². The summed E-state index contributed by atoms with van der Waals surface area (Å²) in [5, 5.41) is 20.1. The fourth-order valence-corrected chi connectivity index (χ4v) is 4.21. The van der Waals surface area contributed by atoms with Crippen LogP contribution < -0.4 is 10.3 Å². The molecule has 0 bridgehead atoms. The molecule has 0 aliphatic rings. The number of rotatable bonds is 8. The Morgan fingerprint density at radius 1 is 0.789 bits per heavy atom. The molecule has 0 fully saturated rings. The van der Waals surface area contributed by atoms with E-state index in [1.165, 1.54) is 9.36 Å². The molecule has 0 unspecified atom stereocenters. The summed E-state index contributed by atoms with van der Waals surface area (Å²) in [6.45, 7) is 0. The second-order valence-corrected chi connectivity index (χ2v) is 8.53. The number of benzene rings is 4. The van der Waals surface area contributed by atoms with E-state index in [1.807, 2.05) is 91.0 Å². The molecule has 0 aliphatic carbocycles. The second-order valence-electron chi connectivity index (χ2n) is 8.53. The molecule has 1 N–H and O–H groups in total. The van der Waals surface area contributed by atoms with Crippen molar-refractivity contribution >= 4 is 11.3 Å². The molecule has 1 aromatic heterocycles. The molecule has 1 heterocycles. The van der Waals surface area contributed by atoms with Crippen LogP contribution >= 0.6 is 0 Å². The second kappa shape index (κ2) is 11.3. The number of ether oxygens (including phenoxy) is 1. The van der Waals surface area contributed by atoms with Gasteiger partial charge in [0.05, 0.1) is 30.4 Å². The van der Waals surface area contributed by atoms with Crippen molar-refractivity contribution in [2.45, 2.75) is 6.42 Å². The zero-order chi connectivity index (χ0) is 26.3. The molecule has 0 amide bonds. The lowest BCUT2D eigenvalue weighted by molar-refractivity contribution is 0.415. The van der Waals surface area contributed by atoms with Crippen LogP contribution in [0, 0.1) is 0 Å². The molecular formula is C31H26N4O3. The van der Waals surface area contributed by atoms with Crippen molar-refractivity contribution in [3.63, 3.8) is 0 Å². The maximum absolute atomic E-state index is 14.0. The highest BCUT2D eigenvalue weighted by Crippen LogP contribution is 2.30. The van der Waals surface area contributed by atoms with Crippen LogP contribution in [0.1, 0.15) is 11.1 Å². The van der Waals surface area contributed by atoms with Crippen LogP contribution in [0.3, 0.4) is 0 Å². The molecular weight excluding hydrogens is 476 g/mol. The van der Waals surface area contributed by atoms with Gasteiger partial charge in [0, 0.05) is 6.42 Å². The number of azo groups is 1. The maximum atomic E-state index is 14.0. The summed E-state index contributed by atoms with van der Waals surface area (Å²) < 4.78 is 8.19. The number of allylic oxidation sites excluding steroid dienone is 1. The van der Waals surface area contributed by atoms with E-state index in [9.17, 15) is 9.90 Å². The summed E-state index contributed by atoms with van der Waals surface area (Å²) >= 11 is 0. The van der Waals surface area contributed by atoms with Crippen molar-refractivity contribution in [1.82, 2.24) is 9.36 Å². The Kier molecular flexibility index (Phi) is 7.27. The summed E-state index contributed by atoms with van der Waals surface area (Å²) in [5.74, 6) is 0.546. The van der Waals surface area contributed by atoms with Crippen molar-refractivity contribution in [3.05, 3.63) is 143 Å². The molecule has 38 heavy (non-hydrogen) atoms. The Morgan fingerprint density at radius 2 is 1.34 bits per heavy atom. The monoisotopic (exact) mass is 502 g/mol. The van der Waals surface area contributed by atoms with Crippen LogP contribution in [0.4, 0.5) is 5.69 Å². The first-order chi connectivity index (χ1) is 18.7. The first-order valence-electron chi connectivity index (χ1n) is 12.1. The Bertz CT molecular complexity index is 1620. The number of para-hydroxylation sites is 2. The zero-order valence-electron chi connectivity index (χ0n) is 20.8. The summed E-state index contributed by atoms with van der Waals surface area (Å²) in [4.78, 5) is 14.0. The normalized spacial score (nSPS) is 11.7. The van der Waals surface area contributed by atoms with Crippen molar-refractivity contribution in [2.75, 3.05) is 7.11 Å². The lowest BCUT2D eigenvalue weighted by Crippen LogP contribution is -2.21. The number of methoxy groups -OCH3 is 1. The van der Waals surface area contributed by atoms with E-state index in [0.29, 0.717) is 29.1 Å². The Balaban J connectivity index is 1.67. The van der Waals surface area contributed by atoms with E-state index in [0.717, 1.165) is 11.3 Å². The highest BCUT2D eigenvalue weighted by molar-refractivity contribution is 5.72. The standard InChI is InChI=1S/C31H26N4O3/c1-38-28-19-17-25(18-20-28)33-32-22-24(21-23-11-5-2-6-12-23)29-30(36)34(26-13-7-3-8-14-26)35(31(29)37)27-15-9-4-10-16-27/h2-20,22,36H,21H2,1H3/b24-22+,33-32?. The SMILES string of the molecule is COc1ccc(N=N/C=C(\Cc2ccccc2)c2c(O)n(-c3ccccc3)n(-c3ccccc3)c2=O)cc1. The average molecular weight is 503 g/mol. The molecule has 5 aromatic rings. The number of nitrogens with zero attached hydrogens (tertiary/aromatic N) is 4. The maximum Gasteiger partial charge on any atom is 0.283 e. The first-order valence-corrected chi connectivity index (χ1v) is 12.1. The number of aromatic nitrogens is 2. The summed E-state index contributed by atoms with van der Waals surface area (Å²) in [6, 6.07) is 35.4. The van der Waals surface area contributed by atoms with Crippen molar-refractivity contribution in [3.8, 4) is 23.0 Å². The van der Waals surface area contributed by atoms with Crippen molar-refractivity contribution in [2.24, 2.45) is 10.2 Å². The molecule has 188 valence electrons. The van der Waals surface area contributed by atoms with Gasteiger partial charge in [-0.2, -0.15) is 10.2 Å². The van der Waals surface area contributed by atoms with Crippen molar-refractivity contribution in [1.29, 1.82) is 0 Å². The molecule has 4 aromatic carbocycles. The van der Waals surface area contributed by atoms with Crippen LogP contribution in [0.15, 0.2) is 136 Å². The summed E-state index contributed by atoms with van der Waals surface area (Å²) in [5.41, 5.74) is 3.22. The molecule has 5 rings (SSSR count). The molecule has 7 nitrogen and oxygen atoms in total. The molecule has 0 atom stereocenters. The van der Waals surface area contributed by atoms with E-state index in [2.05, 4.69) is 10.2 Å². The lowest BCUT2D eigenvalue weighted by atomic mass is 10.0. The Hall–Kier alpha value is -5.17. The van der Waals surface area contributed by atoms with E-state index in [1.54, 1.807) is 37.6 Å². The van der Waals surface area contributed by atoms with E-state index < -0.39 is 0 Å². The topological polar surface area (TPSA) is 81.1 Å². The predicted molar refractivity (Wildman–Crippen MR) is 149 cm³/mol. The smallest absolute Gasteiger partial charge is 0.283 e. The predicted octanol–water partition coefficient (Wildman–Crippen LogP) is 6.71. The zero-order valence-corrected chi connectivity index (χ0v) is 20.8. The highest BCUT2D eigenvalue weighted by Gasteiger charge is 2.25. The van der Waals surface area contributed by atoms with Crippen LogP contribution in [0.25, 0.3) is 16.9 Å². The fraction of sp³-hybridized carbons (Fsp3) is 0.0645. The van der Waals surface area contributed by atoms with Gasteiger partial charge in [-0.3, -0.25) is 4.79 Å². The van der Waals surface area contributed by atoms with Crippen molar-refractivity contribution < 1.29 is 9.84 Å². The number of hydrogen-bond acceptors (Lipinski definition) is 5. The largest absolute Gasteiger partial charge is 0.497 e. The molecule has 0 saturated heterocycles. The fourth-order valence-electron chi connectivity index (χ4n) is 4.21. The van der Waals surface area contributed by atoms with Gasteiger partial charge in [0.25, 0.3) is 5.56 Å². The summed E-state index contributed by atoms with van der Waals surface area (Å²) in [7, 11) is 1.60. The van der Waals surface area contributed by atoms with E-state index in [4.69, 9.17) is 4.74 Å². The van der Waals surface area contributed by atoms with E-state index >= 15 is 0 Å². The third kappa shape index (κ3) is 5.17. The first kappa shape index (κ1) is 24.5. The van der Waals surface area contributed by atoms with Crippen LogP contribution in [-0.4, -0.2) is 21.6 Å². The Labute approximate surface area is 220 Å². The molecule has 0 radical (unpaired) electrons. The van der Waals surface area contributed by atoms with Gasteiger partial charge in [-0.1, -0.05) is 66.7 Å². The van der Waals surface area contributed by atoms with Gasteiger partial charge in [0.1, 0.15) is 11.3 Å². The number of aromatic hydroxyl groups is 1. The molecule has 0 saturated carbocycles. The Morgan fingerprint density at radius 3 is 1.92 bits per heavy atom. The van der Waals surface area contributed by atoms with Crippen LogP contribution in [0.2, 0.25) is 0 Å². The molecule has 0 spiro atoms. The number of hydrogen-bond donors (Lipinski definition) is 1. The third-order valence-electron chi connectivity index (χ3n) is 6.05. The van der Waals surface area contributed by atoms with Gasteiger partial charge < -0.3 is 9.84 Å². The summed E-state index contributed by atoms with van der Waals surface area (Å²) in [6.07, 6.45) is 1.91. The molecule has 0 aliphatic heterocycles. The minimum Gasteiger partial charge on any atom is -0.497 e. The van der Waals surface area contributed by atoms with Gasteiger partial charge in [0.2, 0.25) is 5.88 Å². The minimum atomic E-state index is -0.362. The highest BCUT2D eigenvalue weighted by atomic mass is 16.5. The minimum absolute atomic E-state index is 0.162. The third-order valence-corrected chi connectivity index (χ3v) is 6.05. The van der Waals surface area contributed by atoms with Gasteiger partial charge in [0.15, 0.2) is 0 Å². The quantitative estimate of drug-likeness (QED) is 0.240. The van der Waals surface area contributed by atoms with Gasteiger partial charge in [-0.15, -0.1) is 0 Å². The average Bonchev–Trinajstić information content (AvgIpc) is 3.23. The lowest BCUT2D eigenvalue weighted by Gasteiger charge is -2.12.